The number of carbonyl (C=O) groups is 2. The normalized spacial score (nSPS) is 18.3. The molecular weight excluding hydrogens is 445 g/mol. The number of hydrogen-bond acceptors (Lipinski definition) is 4. The van der Waals surface area contributed by atoms with Crippen LogP contribution in [0.3, 0.4) is 0 Å². The topological polar surface area (TPSA) is 92.9 Å². The standard InChI is InChI=1S/C24H28FN3O4S/c25-21-10-9-17(16-32-22-8-4-3-7-19(22)23(26)29)15-20(21)24(30)27-11-13-28(14-12-27)33(31)18-5-1-2-6-18/h3-4,7-10,15,18H,1-2,5-6,11-14,16H2,(H2,26,29). The Morgan fingerprint density at radius 2 is 1.73 bits per heavy atom. The second-order valence-electron chi connectivity index (χ2n) is 8.37. The Labute approximate surface area is 195 Å². The summed E-state index contributed by atoms with van der Waals surface area (Å²) in [4.78, 5) is 26.2. The first-order valence-electron chi connectivity index (χ1n) is 11.2. The van der Waals surface area contributed by atoms with E-state index in [0.717, 1.165) is 25.7 Å². The van der Waals surface area contributed by atoms with Crippen LogP contribution in [0.4, 0.5) is 4.39 Å². The predicted octanol–water partition coefficient (Wildman–Crippen LogP) is 2.87. The third kappa shape index (κ3) is 5.42. The number of carbonyl (C=O) groups excluding carboxylic acids is 2. The van der Waals surface area contributed by atoms with Gasteiger partial charge in [-0.05, 0) is 42.7 Å². The zero-order valence-electron chi connectivity index (χ0n) is 18.4. The molecule has 1 aliphatic heterocycles. The van der Waals surface area contributed by atoms with Crippen molar-refractivity contribution in [2.24, 2.45) is 5.73 Å². The minimum atomic E-state index is -1.02. The summed E-state index contributed by atoms with van der Waals surface area (Å²) < 4.78 is 34.9. The smallest absolute Gasteiger partial charge is 0.256 e. The lowest BCUT2D eigenvalue weighted by atomic mass is 10.1. The molecule has 33 heavy (non-hydrogen) atoms. The van der Waals surface area contributed by atoms with Crippen molar-refractivity contribution < 1.29 is 22.9 Å². The molecule has 7 nitrogen and oxygen atoms in total. The monoisotopic (exact) mass is 473 g/mol. The van der Waals surface area contributed by atoms with Crippen LogP contribution in [0.25, 0.3) is 0 Å². The molecule has 0 bridgehead atoms. The first-order valence-corrected chi connectivity index (χ1v) is 12.4. The molecule has 1 atom stereocenters. The molecule has 2 aliphatic rings. The van der Waals surface area contributed by atoms with E-state index in [1.54, 1.807) is 35.2 Å². The van der Waals surface area contributed by atoms with Crippen LogP contribution < -0.4 is 10.5 Å². The zero-order valence-corrected chi connectivity index (χ0v) is 19.2. The van der Waals surface area contributed by atoms with Crippen molar-refractivity contribution in [3.05, 3.63) is 65.0 Å². The lowest BCUT2D eigenvalue weighted by Crippen LogP contribution is -2.50. The van der Waals surface area contributed by atoms with E-state index in [1.807, 2.05) is 4.31 Å². The average molecular weight is 474 g/mol. The summed E-state index contributed by atoms with van der Waals surface area (Å²) in [5, 5.41) is 0.223. The van der Waals surface area contributed by atoms with Crippen LogP contribution in [0.5, 0.6) is 5.75 Å². The highest BCUT2D eigenvalue weighted by atomic mass is 32.2. The van der Waals surface area contributed by atoms with Crippen LogP contribution in [-0.4, -0.2) is 56.7 Å². The number of primary amides is 1. The van der Waals surface area contributed by atoms with Gasteiger partial charge in [0.05, 0.1) is 22.1 Å². The van der Waals surface area contributed by atoms with E-state index in [0.29, 0.717) is 37.5 Å². The van der Waals surface area contributed by atoms with Crippen molar-refractivity contribution >= 4 is 22.8 Å². The van der Waals surface area contributed by atoms with E-state index < -0.39 is 28.6 Å². The maximum Gasteiger partial charge on any atom is 0.256 e. The number of rotatable bonds is 7. The highest BCUT2D eigenvalue weighted by Gasteiger charge is 2.31. The SMILES string of the molecule is NC(=O)c1ccccc1OCc1ccc(F)c(C(=O)N2CCN(S(=O)C3CCCC3)CC2)c1. The Kier molecular flexibility index (Phi) is 7.39. The highest BCUT2D eigenvalue weighted by molar-refractivity contribution is 7.83. The average Bonchev–Trinajstić information content (AvgIpc) is 3.38. The minimum Gasteiger partial charge on any atom is -0.488 e. The fraction of sp³-hybridized carbons (Fsp3) is 0.417. The van der Waals surface area contributed by atoms with Gasteiger partial charge in [0, 0.05) is 31.4 Å². The molecule has 1 aliphatic carbocycles. The van der Waals surface area contributed by atoms with Crippen LogP contribution in [-0.2, 0) is 17.6 Å². The van der Waals surface area contributed by atoms with E-state index in [9.17, 15) is 18.2 Å². The summed E-state index contributed by atoms with van der Waals surface area (Å²) in [6, 6.07) is 10.9. The van der Waals surface area contributed by atoms with Crippen LogP contribution in [0.2, 0.25) is 0 Å². The fourth-order valence-electron chi connectivity index (χ4n) is 4.33. The highest BCUT2D eigenvalue weighted by Crippen LogP contribution is 2.26. The summed E-state index contributed by atoms with van der Waals surface area (Å²) in [6.45, 7) is 1.90. The van der Waals surface area contributed by atoms with Gasteiger partial charge in [-0.2, -0.15) is 0 Å². The van der Waals surface area contributed by atoms with E-state index >= 15 is 0 Å². The Hall–Kier alpha value is -2.78. The van der Waals surface area contributed by atoms with Gasteiger partial charge in [-0.25, -0.2) is 12.9 Å². The molecule has 2 amide bonds. The molecule has 0 spiro atoms. The number of halogens is 1. The molecule has 0 aromatic heterocycles. The Balaban J connectivity index is 1.39. The Morgan fingerprint density at radius 1 is 1.03 bits per heavy atom. The van der Waals surface area contributed by atoms with Crippen molar-refractivity contribution in [1.29, 1.82) is 0 Å². The van der Waals surface area contributed by atoms with Gasteiger partial charge >= 0.3 is 0 Å². The predicted molar refractivity (Wildman–Crippen MR) is 124 cm³/mol. The third-order valence-electron chi connectivity index (χ3n) is 6.18. The van der Waals surface area contributed by atoms with Crippen molar-refractivity contribution in [2.75, 3.05) is 26.2 Å². The van der Waals surface area contributed by atoms with Crippen LogP contribution in [0.15, 0.2) is 42.5 Å². The molecule has 0 radical (unpaired) electrons. The molecule has 2 fully saturated rings. The van der Waals surface area contributed by atoms with Crippen molar-refractivity contribution in [3.63, 3.8) is 0 Å². The van der Waals surface area contributed by atoms with E-state index in [4.69, 9.17) is 10.5 Å². The summed E-state index contributed by atoms with van der Waals surface area (Å²) in [6.07, 6.45) is 4.25. The number of nitrogens with zero attached hydrogens (tertiary/aromatic N) is 2. The maximum atomic E-state index is 14.5. The number of nitrogens with two attached hydrogens (primary N) is 1. The lowest BCUT2D eigenvalue weighted by molar-refractivity contribution is 0.0695. The zero-order chi connectivity index (χ0) is 23.4. The van der Waals surface area contributed by atoms with E-state index in [-0.39, 0.29) is 23.0 Å². The first kappa shape index (κ1) is 23.4. The van der Waals surface area contributed by atoms with Crippen molar-refractivity contribution in [3.8, 4) is 5.75 Å². The summed E-state index contributed by atoms with van der Waals surface area (Å²) in [7, 11) is -1.02. The van der Waals surface area contributed by atoms with Gasteiger partial charge < -0.3 is 15.4 Å². The number of hydrogen-bond donors (Lipinski definition) is 1. The molecule has 2 N–H and O–H groups in total. The molecule has 9 heteroatoms. The molecule has 1 saturated heterocycles. The summed E-state index contributed by atoms with van der Waals surface area (Å²) >= 11 is 0. The molecule has 4 rings (SSSR count). The van der Waals surface area contributed by atoms with Gasteiger partial charge in [-0.3, -0.25) is 9.59 Å². The van der Waals surface area contributed by atoms with E-state index in [1.165, 1.54) is 12.1 Å². The molecule has 2 aromatic rings. The van der Waals surface area contributed by atoms with Crippen LogP contribution >= 0.6 is 0 Å². The van der Waals surface area contributed by atoms with Gasteiger partial charge in [0.25, 0.3) is 11.8 Å². The third-order valence-corrected chi connectivity index (χ3v) is 8.09. The van der Waals surface area contributed by atoms with Gasteiger partial charge in [-0.1, -0.05) is 31.0 Å². The molecule has 1 saturated carbocycles. The van der Waals surface area contributed by atoms with Crippen molar-refractivity contribution in [2.45, 2.75) is 37.5 Å². The second kappa shape index (κ2) is 10.4. The van der Waals surface area contributed by atoms with Gasteiger partial charge in [0.2, 0.25) is 0 Å². The van der Waals surface area contributed by atoms with Crippen LogP contribution in [0, 0.1) is 5.82 Å². The van der Waals surface area contributed by atoms with Gasteiger partial charge in [-0.15, -0.1) is 0 Å². The molecule has 1 heterocycles. The fourth-order valence-corrected chi connectivity index (χ4v) is 6.01. The minimum absolute atomic E-state index is 0.0235. The second-order valence-corrected chi connectivity index (χ2v) is 10.1. The van der Waals surface area contributed by atoms with E-state index in [2.05, 4.69) is 0 Å². The van der Waals surface area contributed by atoms with Crippen molar-refractivity contribution in [1.82, 2.24) is 9.21 Å². The van der Waals surface area contributed by atoms with Gasteiger partial charge in [0.1, 0.15) is 18.2 Å². The Morgan fingerprint density at radius 3 is 2.42 bits per heavy atom. The largest absolute Gasteiger partial charge is 0.488 e. The number of para-hydroxylation sites is 1. The number of amides is 2. The summed E-state index contributed by atoms with van der Waals surface area (Å²) in [5.74, 6) is -1.27. The summed E-state index contributed by atoms with van der Waals surface area (Å²) in [5.41, 5.74) is 6.20. The number of benzene rings is 2. The maximum absolute atomic E-state index is 14.5. The van der Waals surface area contributed by atoms with Crippen LogP contribution in [0.1, 0.15) is 52.0 Å². The number of ether oxygens (including phenoxy) is 1. The lowest BCUT2D eigenvalue weighted by Gasteiger charge is -2.35. The molecule has 2 aromatic carbocycles. The molecular formula is C24H28FN3O4S. The number of piperazine rings is 1. The first-order chi connectivity index (χ1) is 15.9. The molecule has 176 valence electrons. The van der Waals surface area contributed by atoms with Gasteiger partial charge in [0.15, 0.2) is 0 Å². The molecule has 1 unspecified atom stereocenters. The Bertz CT molecular complexity index is 1050. The quantitative estimate of drug-likeness (QED) is 0.669.